The third-order valence-corrected chi connectivity index (χ3v) is 2.20. The predicted octanol–water partition coefficient (Wildman–Crippen LogP) is 1.25. The molecule has 0 saturated carbocycles. The standard InChI is InChI=1S/C10H10N2O2/c1-6-10(14)12-9-4-7(5-13)2-3-8(9)11-6/h2-6,11H,1H3,(H,12,14). The quantitative estimate of drug-likeness (QED) is 0.655. The number of nitrogens with one attached hydrogen (secondary N) is 2. The van der Waals surface area contributed by atoms with Gasteiger partial charge in [0.1, 0.15) is 12.3 Å². The van der Waals surface area contributed by atoms with E-state index >= 15 is 0 Å². The maximum absolute atomic E-state index is 11.3. The topological polar surface area (TPSA) is 58.2 Å². The van der Waals surface area contributed by atoms with Crippen molar-refractivity contribution in [1.82, 2.24) is 0 Å². The first-order valence-corrected chi connectivity index (χ1v) is 4.37. The molecule has 4 nitrogen and oxygen atoms in total. The normalized spacial score (nSPS) is 19.2. The second-order valence-corrected chi connectivity index (χ2v) is 3.28. The fraction of sp³-hybridized carbons (Fsp3) is 0.200. The van der Waals surface area contributed by atoms with Crippen molar-refractivity contribution >= 4 is 23.6 Å². The number of carbonyl (C=O) groups excluding carboxylic acids is 2. The number of aldehydes is 1. The second kappa shape index (κ2) is 3.14. The van der Waals surface area contributed by atoms with Gasteiger partial charge >= 0.3 is 0 Å². The Kier molecular flexibility index (Phi) is 1.96. The molecular weight excluding hydrogens is 180 g/mol. The molecule has 1 aromatic carbocycles. The van der Waals surface area contributed by atoms with Crippen LogP contribution in [0.5, 0.6) is 0 Å². The summed E-state index contributed by atoms with van der Waals surface area (Å²) in [6.07, 6.45) is 0.754. The highest BCUT2D eigenvalue weighted by atomic mass is 16.2. The molecule has 2 N–H and O–H groups in total. The smallest absolute Gasteiger partial charge is 0.246 e. The molecule has 1 aliphatic heterocycles. The second-order valence-electron chi connectivity index (χ2n) is 3.28. The molecule has 0 aromatic heterocycles. The van der Waals surface area contributed by atoms with Gasteiger partial charge < -0.3 is 10.6 Å². The molecule has 1 aliphatic rings. The molecule has 0 fully saturated rings. The van der Waals surface area contributed by atoms with Crippen molar-refractivity contribution in [2.75, 3.05) is 10.6 Å². The van der Waals surface area contributed by atoms with Gasteiger partial charge in [-0.2, -0.15) is 0 Å². The molecule has 4 heteroatoms. The van der Waals surface area contributed by atoms with Crippen molar-refractivity contribution in [3.05, 3.63) is 23.8 Å². The Hall–Kier alpha value is -1.84. The van der Waals surface area contributed by atoms with Gasteiger partial charge in [-0.05, 0) is 25.1 Å². The lowest BCUT2D eigenvalue weighted by molar-refractivity contribution is -0.116. The SMILES string of the molecule is CC1Nc2ccc(C=O)cc2NC1=O. The van der Waals surface area contributed by atoms with Crippen LogP contribution in [0.25, 0.3) is 0 Å². The molecule has 1 heterocycles. The number of rotatable bonds is 1. The maximum Gasteiger partial charge on any atom is 0.246 e. The highest BCUT2D eigenvalue weighted by Crippen LogP contribution is 2.26. The van der Waals surface area contributed by atoms with Crippen LogP contribution in [0.15, 0.2) is 18.2 Å². The molecule has 72 valence electrons. The summed E-state index contributed by atoms with van der Waals surface area (Å²) in [6.45, 7) is 1.78. The first-order chi connectivity index (χ1) is 6.70. The van der Waals surface area contributed by atoms with E-state index < -0.39 is 0 Å². The van der Waals surface area contributed by atoms with Crippen molar-refractivity contribution in [2.45, 2.75) is 13.0 Å². The van der Waals surface area contributed by atoms with Crippen LogP contribution in [0.4, 0.5) is 11.4 Å². The van der Waals surface area contributed by atoms with Gasteiger partial charge in [0, 0.05) is 5.56 Å². The largest absolute Gasteiger partial charge is 0.372 e. The van der Waals surface area contributed by atoms with E-state index in [1.165, 1.54) is 0 Å². The third-order valence-electron chi connectivity index (χ3n) is 2.20. The van der Waals surface area contributed by atoms with Crippen molar-refractivity contribution in [1.29, 1.82) is 0 Å². The predicted molar refractivity (Wildman–Crippen MR) is 53.5 cm³/mol. The minimum atomic E-state index is -0.232. The van der Waals surface area contributed by atoms with Crippen LogP contribution >= 0.6 is 0 Å². The zero-order valence-corrected chi connectivity index (χ0v) is 7.70. The van der Waals surface area contributed by atoms with Crippen LogP contribution in [-0.4, -0.2) is 18.2 Å². The summed E-state index contributed by atoms with van der Waals surface area (Å²) in [5.41, 5.74) is 2.07. The number of anilines is 2. The molecule has 0 bridgehead atoms. The van der Waals surface area contributed by atoms with Crippen molar-refractivity contribution < 1.29 is 9.59 Å². The molecule has 2 rings (SSSR count). The summed E-state index contributed by atoms with van der Waals surface area (Å²) in [5.74, 6) is -0.0828. The highest BCUT2D eigenvalue weighted by Gasteiger charge is 2.20. The lowest BCUT2D eigenvalue weighted by atomic mass is 10.1. The summed E-state index contributed by atoms with van der Waals surface area (Å²) in [4.78, 5) is 21.8. The number of hydrogen-bond donors (Lipinski definition) is 2. The Morgan fingerprint density at radius 1 is 1.36 bits per heavy atom. The number of benzene rings is 1. The van der Waals surface area contributed by atoms with Crippen LogP contribution in [0, 0.1) is 0 Å². The van der Waals surface area contributed by atoms with E-state index in [0.717, 1.165) is 12.0 Å². The first-order valence-electron chi connectivity index (χ1n) is 4.37. The van der Waals surface area contributed by atoms with Crippen molar-refractivity contribution in [2.24, 2.45) is 0 Å². The Morgan fingerprint density at radius 2 is 2.14 bits per heavy atom. The van der Waals surface area contributed by atoms with Crippen LogP contribution in [-0.2, 0) is 4.79 Å². The van der Waals surface area contributed by atoms with E-state index in [9.17, 15) is 9.59 Å². The summed E-state index contributed by atoms with van der Waals surface area (Å²) in [5, 5.41) is 5.76. The summed E-state index contributed by atoms with van der Waals surface area (Å²) < 4.78 is 0. The monoisotopic (exact) mass is 190 g/mol. The summed E-state index contributed by atoms with van der Waals surface area (Å²) in [7, 11) is 0. The highest BCUT2D eigenvalue weighted by molar-refractivity contribution is 6.03. The Labute approximate surface area is 81.3 Å². The Balaban J connectivity index is 2.42. The van der Waals surface area contributed by atoms with Crippen molar-refractivity contribution in [3.63, 3.8) is 0 Å². The molecule has 0 radical (unpaired) electrons. The molecule has 14 heavy (non-hydrogen) atoms. The number of fused-ring (bicyclic) bond motifs is 1. The van der Waals surface area contributed by atoms with Gasteiger partial charge in [0.2, 0.25) is 5.91 Å². The third kappa shape index (κ3) is 1.35. The fourth-order valence-corrected chi connectivity index (χ4v) is 1.40. The van der Waals surface area contributed by atoms with E-state index in [1.807, 2.05) is 0 Å². The molecule has 1 unspecified atom stereocenters. The average Bonchev–Trinajstić information content (AvgIpc) is 2.19. The fourth-order valence-electron chi connectivity index (χ4n) is 1.40. The van der Waals surface area contributed by atoms with Crippen molar-refractivity contribution in [3.8, 4) is 0 Å². The van der Waals surface area contributed by atoms with Gasteiger partial charge in [0.25, 0.3) is 0 Å². The van der Waals surface area contributed by atoms with E-state index in [4.69, 9.17) is 0 Å². The Morgan fingerprint density at radius 3 is 2.86 bits per heavy atom. The van der Waals surface area contributed by atoms with Crippen LogP contribution in [0.1, 0.15) is 17.3 Å². The number of amides is 1. The van der Waals surface area contributed by atoms with Gasteiger partial charge in [0.15, 0.2) is 0 Å². The van der Waals surface area contributed by atoms with E-state index in [1.54, 1.807) is 25.1 Å². The van der Waals surface area contributed by atoms with Gasteiger partial charge in [-0.15, -0.1) is 0 Å². The van der Waals surface area contributed by atoms with Gasteiger partial charge in [-0.1, -0.05) is 0 Å². The molecule has 1 atom stereocenters. The molecule has 0 aliphatic carbocycles. The van der Waals surface area contributed by atoms with E-state index in [-0.39, 0.29) is 11.9 Å². The Bertz CT molecular complexity index is 401. The zero-order valence-electron chi connectivity index (χ0n) is 7.70. The zero-order chi connectivity index (χ0) is 10.1. The van der Waals surface area contributed by atoms with Gasteiger partial charge in [-0.3, -0.25) is 9.59 Å². The summed E-state index contributed by atoms with van der Waals surface area (Å²) in [6, 6.07) is 4.92. The number of hydrogen-bond acceptors (Lipinski definition) is 3. The van der Waals surface area contributed by atoms with Gasteiger partial charge in [0.05, 0.1) is 11.4 Å². The molecular formula is C10H10N2O2. The minimum absolute atomic E-state index is 0.0828. The molecule has 0 spiro atoms. The average molecular weight is 190 g/mol. The lowest BCUT2D eigenvalue weighted by Gasteiger charge is -2.24. The van der Waals surface area contributed by atoms with Crippen LogP contribution in [0.3, 0.4) is 0 Å². The molecule has 1 aromatic rings. The number of carbonyl (C=O) groups is 2. The van der Waals surface area contributed by atoms with Crippen LogP contribution < -0.4 is 10.6 Å². The van der Waals surface area contributed by atoms with E-state index in [2.05, 4.69) is 10.6 Å². The van der Waals surface area contributed by atoms with E-state index in [0.29, 0.717) is 11.3 Å². The van der Waals surface area contributed by atoms with Crippen LogP contribution in [0.2, 0.25) is 0 Å². The minimum Gasteiger partial charge on any atom is -0.372 e. The lowest BCUT2D eigenvalue weighted by Crippen LogP contribution is -2.36. The maximum atomic E-state index is 11.3. The summed E-state index contributed by atoms with van der Waals surface area (Å²) >= 11 is 0. The first kappa shape index (κ1) is 8.74. The molecule has 0 saturated heterocycles. The van der Waals surface area contributed by atoms with Gasteiger partial charge in [-0.25, -0.2) is 0 Å². The molecule has 1 amide bonds.